The highest BCUT2D eigenvalue weighted by molar-refractivity contribution is 5.96. The van der Waals surface area contributed by atoms with E-state index in [0.717, 1.165) is 12.8 Å². The van der Waals surface area contributed by atoms with Crippen molar-refractivity contribution in [2.24, 2.45) is 0 Å². The maximum absolute atomic E-state index is 13.1. The molecule has 0 N–H and O–H groups in total. The van der Waals surface area contributed by atoms with Gasteiger partial charge in [0.1, 0.15) is 5.82 Å². The Hall–Kier alpha value is -3.29. The predicted molar refractivity (Wildman–Crippen MR) is 97.6 cm³/mol. The van der Waals surface area contributed by atoms with E-state index in [-0.39, 0.29) is 24.1 Å². The second-order valence-electron chi connectivity index (χ2n) is 6.57. The van der Waals surface area contributed by atoms with E-state index in [2.05, 4.69) is 4.98 Å². The average Bonchev–Trinajstić information content (AvgIpc) is 3.25. The minimum Gasteiger partial charge on any atom is -0.358 e. The molecule has 0 unspecified atom stereocenters. The fourth-order valence-electron chi connectivity index (χ4n) is 3.63. The monoisotopic (exact) mass is 368 g/mol. The van der Waals surface area contributed by atoms with E-state index in [1.807, 2.05) is 4.90 Å². The van der Waals surface area contributed by atoms with Gasteiger partial charge in [-0.05, 0) is 48.1 Å². The summed E-state index contributed by atoms with van der Waals surface area (Å²) in [6.07, 6.45) is 3.39. The normalized spacial score (nSPS) is 16.8. The fourth-order valence-corrected chi connectivity index (χ4v) is 3.63. The van der Waals surface area contributed by atoms with Crippen molar-refractivity contribution in [2.75, 3.05) is 11.4 Å². The highest BCUT2D eigenvalue weighted by Gasteiger charge is 2.35. The van der Waals surface area contributed by atoms with Gasteiger partial charge in [-0.2, -0.15) is 9.38 Å². The average molecular weight is 368 g/mol. The maximum atomic E-state index is 13.1. The Bertz CT molecular complexity index is 1020. The van der Waals surface area contributed by atoms with Gasteiger partial charge in [0.2, 0.25) is 11.5 Å². The van der Waals surface area contributed by atoms with E-state index < -0.39 is 10.7 Å². The highest BCUT2D eigenvalue weighted by Crippen LogP contribution is 2.35. The van der Waals surface area contributed by atoms with Crippen molar-refractivity contribution in [1.82, 2.24) is 9.38 Å². The molecule has 0 spiro atoms. The Balaban J connectivity index is 1.64. The maximum Gasteiger partial charge on any atom is 0.372 e. The molecular weight excluding hydrogens is 351 g/mol. The summed E-state index contributed by atoms with van der Waals surface area (Å²) in [5.41, 5.74) is 0.933. The zero-order chi connectivity index (χ0) is 19.0. The molecule has 1 aliphatic heterocycles. The summed E-state index contributed by atoms with van der Waals surface area (Å²) in [7, 11) is 0. The van der Waals surface area contributed by atoms with Gasteiger partial charge in [0, 0.05) is 30.6 Å². The van der Waals surface area contributed by atoms with Crippen molar-refractivity contribution in [3.8, 4) is 0 Å². The van der Waals surface area contributed by atoms with Crippen LogP contribution in [0, 0.1) is 15.9 Å². The molecule has 1 saturated heterocycles. The first-order valence-electron chi connectivity index (χ1n) is 8.71. The van der Waals surface area contributed by atoms with Crippen LogP contribution in [0.25, 0.3) is 5.65 Å². The number of rotatable bonds is 5. The number of anilines is 1. The topological polar surface area (TPSA) is 80.8 Å². The third kappa shape index (κ3) is 3.14. The SMILES string of the molecule is O=C(C[C@@H]1CCCN1c1nc2ccccn2c1[N+](=O)[O-])c1ccc(F)cc1. The third-order valence-corrected chi connectivity index (χ3v) is 4.90. The third-order valence-electron chi connectivity index (χ3n) is 4.90. The molecule has 4 rings (SSSR count). The van der Waals surface area contributed by atoms with Crippen molar-refractivity contribution in [3.63, 3.8) is 0 Å². The standard InChI is InChI=1S/C19H17FN4O3/c20-14-8-6-13(7-9-14)16(25)12-15-4-3-11-22(15)18-19(24(26)27)23-10-2-1-5-17(23)21-18/h1-2,5-10,15H,3-4,11-12H2/t15-/m0/s1. The van der Waals surface area contributed by atoms with E-state index >= 15 is 0 Å². The predicted octanol–water partition coefficient (Wildman–Crippen LogP) is 3.62. The van der Waals surface area contributed by atoms with E-state index in [1.54, 1.807) is 24.4 Å². The number of carbonyl (C=O) groups excluding carboxylic acids is 1. The van der Waals surface area contributed by atoms with Crippen LogP contribution in [0.2, 0.25) is 0 Å². The summed E-state index contributed by atoms with van der Waals surface area (Å²) < 4.78 is 14.5. The Labute approximate surface area is 154 Å². The number of fused-ring (bicyclic) bond motifs is 1. The smallest absolute Gasteiger partial charge is 0.358 e. The van der Waals surface area contributed by atoms with Gasteiger partial charge in [0.25, 0.3) is 0 Å². The van der Waals surface area contributed by atoms with Gasteiger partial charge in [-0.15, -0.1) is 0 Å². The van der Waals surface area contributed by atoms with E-state index in [1.165, 1.54) is 28.7 Å². The minimum atomic E-state index is -0.438. The summed E-state index contributed by atoms with van der Waals surface area (Å²) in [6.45, 7) is 0.603. The molecule has 1 fully saturated rings. The number of imidazole rings is 1. The molecule has 0 bridgehead atoms. The lowest BCUT2D eigenvalue weighted by Gasteiger charge is -2.23. The fraction of sp³-hybridized carbons (Fsp3) is 0.263. The van der Waals surface area contributed by atoms with Crippen LogP contribution in [0.4, 0.5) is 16.0 Å². The van der Waals surface area contributed by atoms with Crippen LogP contribution < -0.4 is 4.90 Å². The van der Waals surface area contributed by atoms with Crippen molar-refractivity contribution in [2.45, 2.75) is 25.3 Å². The minimum absolute atomic E-state index is 0.0910. The molecule has 2 aromatic heterocycles. The lowest BCUT2D eigenvalue weighted by atomic mass is 10.0. The summed E-state index contributed by atoms with van der Waals surface area (Å²) in [5.74, 6) is -0.306. The number of Topliss-reactive ketones (excluding diaryl/α,β-unsaturated/α-hetero) is 1. The molecule has 1 aliphatic rings. The lowest BCUT2D eigenvalue weighted by molar-refractivity contribution is -0.389. The van der Waals surface area contributed by atoms with E-state index in [9.17, 15) is 19.3 Å². The zero-order valence-corrected chi connectivity index (χ0v) is 14.4. The Morgan fingerprint density at radius 2 is 2.04 bits per heavy atom. The first kappa shape index (κ1) is 17.1. The molecule has 0 radical (unpaired) electrons. The van der Waals surface area contributed by atoms with E-state index in [4.69, 9.17) is 0 Å². The second-order valence-corrected chi connectivity index (χ2v) is 6.57. The van der Waals surface area contributed by atoms with Crippen LogP contribution in [0.5, 0.6) is 0 Å². The zero-order valence-electron chi connectivity index (χ0n) is 14.4. The Morgan fingerprint density at radius 3 is 2.78 bits per heavy atom. The summed E-state index contributed by atoms with van der Waals surface area (Å²) >= 11 is 0. The van der Waals surface area contributed by atoms with Crippen LogP contribution in [0.15, 0.2) is 48.7 Å². The van der Waals surface area contributed by atoms with Gasteiger partial charge < -0.3 is 15.0 Å². The number of nitrogens with zero attached hydrogens (tertiary/aromatic N) is 4. The Kier molecular flexibility index (Phi) is 4.31. The second kappa shape index (κ2) is 6.79. The molecule has 0 amide bonds. The molecule has 7 nitrogen and oxygen atoms in total. The van der Waals surface area contributed by atoms with Crippen molar-refractivity contribution < 1.29 is 14.1 Å². The number of hydrogen-bond acceptors (Lipinski definition) is 5. The number of benzene rings is 1. The molecule has 3 aromatic rings. The Morgan fingerprint density at radius 1 is 1.26 bits per heavy atom. The number of hydrogen-bond donors (Lipinski definition) is 0. The summed E-state index contributed by atoms with van der Waals surface area (Å²) in [5, 5.41) is 11.7. The van der Waals surface area contributed by atoms with E-state index in [0.29, 0.717) is 23.6 Å². The number of pyridine rings is 1. The van der Waals surface area contributed by atoms with Crippen LogP contribution >= 0.6 is 0 Å². The van der Waals surface area contributed by atoms with Crippen molar-refractivity contribution >= 4 is 23.1 Å². The van der Waals surface area contributed by atoms with Gasteiger partial charge in [-0.3, -0.25) is 4.79 Å². The molecular formula is C19H17FN4O3. The van der Waals surface area contributed by atoms with Gasteiger partial charge in [-0.25, -0.2) is 4.39 Å². The largest absolute Gasteiger partial charge is 0.372 e. The first-order valence-corrected chi connectivity index (χ1v) is 8.71. The van der Waals surface area contributed by atoms with Crippen molar-refractivity contribution in [1.29, 1.82) is 0 Å². The van der Waals surface area contributed by atoms with Gasteiger partial charge >= 0.3 is 5.82 Å². The number of carbonyl (C=O) groups is 1. The summed E-state index contributed by atoms with van der Waals surface area (Å²) in [6, 6.07) is 10.5. The van der Waals surface area contributed by atoms with Crippen LogP contribution in [0.1, 0.15) is 29.6 Å². The molecule has 0 aliphatic carbocycles. The molecule has 138 valence electrons. The number of nitro groups is 1. The molecule has 1 aromatic carbocycles. The number of aromatic nitrogens is 2. The highest BCUT2D eigenvalue weighted by atomic mass is 19.1. The quantitative estimate of drug-likeness (QED) is 0.390. The van der Waals surface area contributed by atoms with Gasteiger partial charge in [-0.1, -0.05) is 6.07 Å². The summed E-state index contributed by atoms with van der Waals surface area (Å²) in [4.78, 5) is 30.1. The number of halogens is 1. The molecule has 8 heteroatoms. The number of ketones is 1. The molecule has 0 saturated carbocycles. The lowest BCUT2D eigenvalue weighted by Crippen LogP contribution is -2.32. The van der Waals surface area contributed by atoms with Crippen LogP contribution in [-0.4, -0.2) is 32.7 Å². The van der Waals surface area contributed by atoms with Gasteiger partial charge in [0.15, 0.2) is 5.78 Å². The molecule has 27 heavy (non-hydrogen) atoms. The molecule has 1 atom stereocenters. The van der Waals surface area contributed by atoms with Crippen molar-refractivity contribution in [3.05, 3.63) is 70.2 Å². The van der Waals surface area contributed by atoms with Crippen LogP contribution in [-0.2, 0) is 0 Å². The molecule has 3 heterocycles. The van der Waals surface area contributed by atoms with Gasteiger partial charge in [0.05, 0.1) is 6.20 Å². The van der Waals surface area contributed by atoms with Crippen LogP contribution in [0.3, 0.4) is 0 Å². The first-order chi connectivity index (χ1) is 13.0.